The van der Waals surface area contributed by atoms with E-state index in [1.54, 1.807) is 6.07 Å². The number of methoxy groups -OCH3 is 1. The molecule has 0 spiro atoms. The van der Waals surface area contributed by atoms with Gasteiger partial charge in [0.1, 0.15) is 11.8 Å². The van der Waals surface area contributed by atoms with Crippen molar-refractivity contribution in [2.45, 2.75) is 0 Å². The highest BCUT2D eigenvalue weighted by Crippen LogP contribution is 2.22. The molecule has 0 aromatic heterocycles. The van der Waals surface area contributed by atoms with Crippen molar-refractivity contribution in [2.75, 3.05) is 7.11 Å². The van der Waals surface area contributed by atoms with Crippen molar-refractivity contribution in [3.8, 4) is 17.9 Å². The number of carbonyl (C=O) groups excluding carboxylic acids is 1. The van der Waals surface area contributed by atoms with Crippen molar-refractivity contribution in [1.29, 1.82) is 10.5 Å². The van der Waals surface area contributed by atoms with Crippen LogP contribution in [-0.2, 0) is 4.79 Å². The Balaban J connectivity index is 3.27. The van der Waals surface area contributed by atoms with Crippen molar-refractivity contribution < 1.29 is 9.53 Å². The zero-order valence-electron chi connectivity index (χ0n) is 8.65. The quantitative estimate of drug-likeness (QED) is 0.564. The molecule has 0 aliphatic rings. The maximum atomic E-state index is 11.1. The largest absolute Gasteiger partial charge is 0.497 e. The van der Waals surface area contributed by atoms with E-state index in [4.69, 9.17) is 15.3 Å². The number of hydrogen-bond acceptors (Lipinski definition) is 4. The van der Waals surface area contributed by atoms with Gasteiger partial charge in [0.25, 0.3) is 5.78 Å². The number of ketones is 1. The fraction of sp³-hybridized carbons (Fsp3) is 0.0833. The summed E-state index contributed by atoms with van der Waals surface area (Å²) in [5.74, 6) is -0.237. The third-order valence-corrected chi connectivity index (χ3v) is 2.05. The van der Waals surface area contributed by atoms with E-state index in [9.17, 15) is 4.79 Å². The van der Waals surface area contributed by atoms with Crippen LogP contribution < -0.4 is 4.74 Å². The van der Waals surface area contributed by atoms with E-state index in [-0.39, 0.29) is 11.1 Å². The van der Waals surface area contributed by atoms with Crippen molar-refractivity contribution in [3.05, 3.63) is 35.9 Å². The van der Waals surface area contributed by atoms with E-state index in [1.165, 1.54) is 25.3 Å². The molecular weight excluding hydrogens is 204 g/mol. The number of rotatable bonds is 3. The van der Waals surface area contributed by atoms with Gasteiger partial charge in [-0.2, -0.15) is 10.5 Å². The average Bonchev–Trinajstić information content (AvgIpc) is 2.35. The van der Waals surface area contributed by atoms with E-state index >= 15 is 0 Å². The second-order valence-corrected chi connectivity index (χ2v) is 2.94. The van der Waals surface area contributed by atoms with Crippen LogP contribution in [0.1, 0.15) is 11.1 Å². The van der Waals surface area contributed by atoms with Gasteiger partial charge in [-0.05, 0) is 18.2 Å². The smallest absolute Gasteiger partial charge is 0.262 e. The molecule has 0 aliphatic heterocycles. The van der Waals surface area contributed by atoms with Crippen LogP contribution in [0.25, 0.3) is 5.57 Å². The lowest BCUT2D eigenvalue weighted by molar-refractivity contribution is -0.109. The van der Waals surface area contributed by atoms with Crippen molar-refractivity contribution in [1.82, 2.24) is 0 Å². The molecule has 78 valence electrons. The predicted octanol–water partition coefficient (Wildman–Crippen LogP) is 1.67. The molecule has 0 aliphatic carbocycles. The van der Waals surface area contributed by atoms with Crippen LogP contribution in [0.2, 0.25) is 0 Å². The topological polar surface area (TPSA) is 73.9 Å². The molecule has 0 heterocycles. The number of nitriles is 2. The molecule has 0 atom stereocenters. The van der Waals surface area contributed by atoms with Crippen molar-refractivity contribution >= 4 is 11.4 Å². The van der Waals surface area contributed by atoms with Crippen LogP contribution in [0.3, 0.4) is 0 Å². The minimum Gasteiger partial charge on any atom is -0.497 e. The van der Waals surface area contributed by atoms with Gasteiger partial charge in [-0.25, -0.2) is 0 Å². The molecule has 0 N–H and O–H groups in total. The molecule has 0 saturated carbocycles. The fourth-order valence-electron chi connectivity index (χ4n) is 1.20. The second kappa shape index (κ2) is 4.77. The van der Waals surface area contributed by atoms with Gasteiger partial charge in [0, 0.05) is 11.1 Å². The van der Waals surface area contributed by atoms with Gasteiger partial charge < -0.3 is 4.74 Å². The lowest BCUT2D eigenvalue weighted by Crippen LogP contribution is -1.99. The third-order valence-electron chi connectivity index (χ3n) is 2.05. The lowest BCUT2D eigenvalue weighted by atomic mass is 9.99. The molecule has 0 saturated heterocycles. The zero-order valence-corrected chi connectivity index (χ0v) is 8.65. The Bertz CT molecular complexity index is 533. The molecule has 0 bridgehead atoms. The Labute approximate surface area is 93.0 Å². The van der Waals surface area contributed by atoms with Crippen LogP contribution in [0.15, 0.2) is 24.8 Å². The molecule has 0 amide bonds. The summed E-state index contributed by atoms with van der Waals surface area (Å²) in [7, 11) is 1.48. The maximum Gasteiger partial charge on any atom is 0.262 e. The number of nitrogens with zero attached hydrogens (tertiary/aromatic N) is 2. The summed E-state index contributed by atoms with van der Waals surface area (Å²) >= 11 is 0. The first-order chi connectivity index (χ1) is 7.63. The van der Waals surface area contributed by atoms with E-state index < -0.39 is 5.78 Å². The molecule has 1 aromatic carbocycles. The second-order valence-electron chi connectivity index (χ2n) is 2.94. The van der Waals surface area contributed by atoms with Crippen molar-refractivity contribution in [2.24, 2.45) is 0 Å². The summed E-state index contributed by atoms with van der Waals surface area (Å²) in [5.41, 5.74) is 0.629. The molecule has 0 radical (unpaired) electrons. The van der Waals surface area contributed by atoms with E-state index in [0.717, 1.165) is 0 Å². The van der Waals surface area contributed by atoms with Crippen LogP contribution in [0.5, 0.6) is 5.75 Å². The van der Waals surface area contributed by atoms with E-state index in [1.807, 2.05) is 6.07 Å². The van der Waals surface area contributed by atoms with Crippen LogP contribution >= 0.6 is 0 Å². The highest BCUT2D eigenvalue weighted by Gasteiger charge is 2.13. The fourth-order valence-corrected chi connectivity index (χ4v) is 1.20. The predicted molar refractivity (Wildman–Crippen MR) is 57.4 cm³/mol. The maximum absolute atomic E-state index is 11.1. The first-order valence-corrected chi connectivity index (χ1v) is 4.36. The number of allylic oxidation sites excluding steroid dienone is 1. The van der Waals surface area contributed by atoms with Gasteiger partial charge in [0.15, 0.2) is 0 Å². The van der Waals surface area contributed by atoms with E-state index in [0.29, 0.717) is 11.3 Å². The van der Waals surface area contributed by atoms with Crippen LogP contribution in [0, 0.1) is 22.7 Å². The van der Waals surface area contributed by atoms with Gasteiger partial charge in [-0.3, -0.25) is 4.79 Å². The van der Waals surface area contributed by atoms with Gasteiger partial charge >= 0.3 is 0 Å². The molecule has 16 heavy (non-hydrogen) atoms. The summed E-state index contributed by atoms with van der Waals surface area (Å²) in [4.78, 5) is 11.1. The van der Waals surface area contributed by atoms with Gasteiger partial charge in [-0.1, -0.05) is 6.58 Å². The number of Topliss-reactive ketones (excluding diaryl/α,β-unsaturated/α-hetero) is 1. The Morgan fingerprint density at radius 2 is 2.12 bits per heavy atom. The molecule has 0 fully saturated rings. The number of benzene rings is 1. The molecule has 1 aromatic rings. The molecule has 0 unspecified atom stereocenters. The number of ether oxygens (including phenoxy) is 1. The average molecular weight is 212 g/mol. The lowest BCUT2D eigenvalue weighted by Gasteiger charge is -2.05. The summed E-state index contributed by atoms with van der Waals surface area (Å²) in [5, 5.41) is 17.4. The minimum absolute atomic E-state index is 0.0155. The van der Waals surface area contributed by atoms with Gasteiger partial charge in [-0.15, -0.1) is 0 Å². The first-order valence-electron chi connectivity index (χ1n) is 4.36. The molecule has 4 heteroatoms. The monoisotopic (exact) mass is 212 g/mol. The van der Waals surface area contributed by atoms with Crippen LogP contribution in [-0.4, -0.2) is 12.9 Å². The van der Waals surface area contributed by atoms with Crippen molar-refractivity contribution in [3.63, 3.8) is 0 Å². The molecule has 4 nitrogen and oxygen atoms in total. The number of carbonyl (C=O) groups is 1. The summed E-state index contributed by atoms with van der Waals surface area (Å²) in [6, 6.07) is 8.02. The Morgan fingerprint density at radius 3 is 2.62 bits per heavy atom. The molecular formula is C12H8N2O2. The first kappa shape index (κ1) is 11.5. The highest BCUT2D eigenvalue weighted by molar-refractivity contribution is 6.28. The molecule has 1 rings (SSSR count). The minimum atomic E-state index is -0.748. The Kier molecular flexibility index (Phi) is 3.42. The summed E-state index contributed by atoms with van der Waals surface area (Å²) in [6.45, 7) is 3.50. The standard InChI is InChI=1S/C12H8N2O2/c1-8(12(15)7-14)11-4-3-10(16-2)5-9(11)6-13/h3-5H,1H2,2H3. The van der Waals surface area contributed by atoms with Gasteiger partial charge in [0.05, 0.1) is 18.7 Å². The Hall–Kier alpha value is -2.59. The summed E-state index contributed by atoms with van der Waals surface area (Å²) in [6.07, 6.45) is 0. The van der Waals surface area contributed by atoms with Crippen LogP contribution in [0.4, 0.5) is 0 Å². The van der Waals surface area contributed by atoms with E-state index in [2.05, 4.69) is 6.58 Å². The zero-order chi connectivity index (χ0) is 12.1. The summed E-state index contributed by atoms with van der Waals surface area (Å²) < 4.78 is 4.95. The normalized spacial score (nSPS) is 8.69. The third kappa shape index (κ3) is 2.08. The Morgan fingerprint density at radius 1 is 1.44 bits per heavy atom. The SMILES string of the molecule is C=C(C(=O)C#N)c1ccc(OC)cc1C#N. The van der Waals surface area contributed by atoms with Gasteiger partial charge in [0.2, 0.25) is 0 Å². The highest BCUT2D eigenvalue weighted by atomic mass is 16.5. The number of hydrogen-bond donors (Lipinski definition) is 0.